The first-order chi connectivity index (χ1) is 7.38. The minimum absolute atomic E-state index is 0.149. The van der Waals surface area contributed by atoms with E-state index >= 15 is 0 Å². The van der Waals surface area contributed by atoms with Crippen LogP contribution in [-0.4, -0.2) is 35.0 Å². The maximum atomic E-state index is 11.6. The number of rotatable bonds is 7. The summed E-state index contributed by atoms with van der Waals surface area (Å²) in [7, 11) is 0. The van der Waals surface area contributed by atoms with Gasteiger partial charge in [0.25, 0.3) is 0 Å². The standard InChI is InChI=1S/C11H21NO3S/c1-7(2)5-9(11(14)15)12-10(13)8(3)6-16-4/h7-9H,5-6H2,1-4H3,(H,12,13)(H,14,15)/t8?,9-/m0/s1. The van der Waals surface area contributed by atoms with E-state index in [1.165, 1.54) is 0 Å². The molecule has 16 heavy (non-hydrogen) atoms. The smallest absolute Gasteiger partial charge is 0.326 e. The van der Waals surface area contributed by atoms with Crippen molar-refractivity contribution in [3.63, 3.8) is 0 Å². The average Bonchev–Trinajstić information content (AvgIpc) is 2.16. The Bertz CT molecular complexity index is 243. The Labute approximate surface area is 101 Å². The Kier molecular flexibility index (Phi) is 7.21. The van der Waals surface area contributed by atoms with E-state index < -0.39 is 12.0 Å². The number of carbonyl (C=O) groups is 2. The van der Waals surface area contributed by atoms with E-state index in [9.17, 15) is 9.59 Å². The zero-order valence-electron chi connectivity index (χ0n) is 10.3. The van der Waals surface area contributed by atoms with Gasteiger partial charge in [0.1, 0.15) is 6.04 Å². The molecule has 1 amide bonds. The van der Waals surface area contributed by atoms with Gasteiger partial charge in [0.15, 0.2) is 0 Å². The minimum Gasteiger partial charge on any atom is -0.480 e. The van der Waals surface area contributed by atoms with Crippen molar-refractivity contribution in [2.75, 3.05) is 12.0 Å². The fraction of sp³-hybridized carbons (Fsp3) is 0.818. The summed E-state index contributed by atoms with van der Waals surface area (Å²) in [6.45, 7) is 5.68. The first-order valence-corrected chi connectivity index (χ1v) is 6.80. The third-order valence-corrected chi connectivity index (χ3v) is 3.02. The molecule has 0 aromatic carbocycles. The van der Waals surface area contributed by atoms with Gasteiger partial charge in [-0.15, -0.1) is 0 Å². The van der Waals surface area contributed by atoms with Gasteiger partial charge in [-0.05, 0) is 18.6 Å². The van der Waals surface area contributed by atoms with Crippen LogP contribution in [0.15, 0.2) is 0 Å². The molecule has 0 saturated heterocycles. The molecule has 4 nitrogen and oxygen atoms in total. The summed E-state index contributed by atoms with van der Waals surface area (Å²) in [6, 6.07) is -0.767. The molecule has 94 valence electrons. The summed E-state index contributed by atoms with van der Waals surface area (Å²) >= 11 is 1.58. The summed E-state index contributed by atoms with van der Waals surface area (Å²) in [5.74, 6) is -0.332. The van der Waals surface area contributed by atoms with Crippen molar-refractivity contribution in [3.8, 4) is 0 Å². The van der Waals surface area contributed by atoms with E-state index in [-0.39, 0.29) is 17.7 Å². The van der Waals surface area contributed by atoms with Crippen LogP contribution in [0.25, 0.3) is 0 Å². The lowest BCUT2D eigenvalue weighted by atomic mass is 10.0. The predicted molar refractivity (Wildman–Crippen MR) is 66.6 cm³/mol. The van der Waals surface area contributed by atoms with Crippen LogP contribution in [0.1, 0.15) is 27.2 Å². The van der Waals surface area contributed by atoms with E-state index in [2.05, 4.69) is 5.32 Å². The highest BCUT2D eigenvalue weighted by Gasteiger charge is 2.23. The number of nitrogens with one attached hydrogen (secondary N) is 1. The molecule has 0 aromatic rings. The second-order valence-corrected chi connectivity index (χ2v) is 5.30. The maximum absolute atomic E-state index is 11.6. The number of hydrogen-bond donors (Lipinski definition) is 2. The molecule has 0 bridgehead atoms. The Balaban J connectivity index is 4.28. The molecule has 0 saturated carbocycles. The van der Waals surface area contributed by atoms with E-state index in [4.69, 9.17) is 5.11 Å². The maximum Gasteiger partial charge on any atom is 0.326 e. The van der Waals surface area contributed by atoms with Gasteiger partial charge < -0.3 is 10.4 Å². The zero-order valence-corrected chi connectivity index (χ0v) is 11.1. The van der Waals surface area contributed by atoms with Crippen LogP contribution in [0.4, 0.5) is 0 Å². The quantitative estimate of drug-likeness (QED) is 0.717. The highest BCUT2D eigenvalue weighted by molar-refractivity contribution is 7.98. The number of carboxylic acid groups (broad SMARTS) is 1. The van der Waals surface area contributed by atoms with Crippen molar-refractivity contribution < 1.29 is 14.7 Å². The van der Waals surface area contributed by atoms with Crippen molar-refractivity contribution in [3.05, 3.63) is 0 Å². The molecule has 5 heteroatoms. The van der Waals surface area contributed by atoms with Gasteiger partial charge in [0.05, 0.1) is 0 Å². The van der Waals surface area contributed by atoms with Crippen LogP contribution < -0.4 is 5.32 Å². The Morgan fingerprint density at radius 1 is 1.31 bits per heavy atom. The molecule has 0 aliphatic carbocycles. The lowest BCUT2D eigenvalue weighted by Gasteiger charge is -2.18. The number of hydrogen-bond acceptors (Lipinski definition) is 3. The third-order valence-electron chi connectivity index (χ3n) is 2.19. The first-order valence-electron chi connectivity index (χ1n) is 5.40. The number of carboxylic acids is 1. The largest absolute Gasteiger partial charge is 0.480 e. The molecule has 0 aliphatic rings. The van der Waals surface area contributed by atoms with Crippen molar-refractivity contribution in [1.29, 1.82) is 0 Å². The second-order valence-electron chi connectivity index (χ2n) is 4.39. The molecule has 0 rings (SSSR count). The monoisotopic (exact) mass is 247 g/mol. The summed E-state index contributed by atoms with van der Waals surface area (Å²) in [6.07, 6.45) is 2.39. The van der Waals surface area contributed by atoms with E-state index in [1.54, 1.807) is 18.7 Å². The van der Waals surface area contributed by atoms with Gasteiger partial charge >= 0.3 is 5.97 Å². The molecule has 2 atom stereocenters. The summed E-state index contributed by atoms with van der Waals surface area (Å²) in [4.78, 5) is 22.6. The highest BCUT2D eigenvalue weighted by Crippen LogP contribution is 2.08. The molecular formula is C11H21NO3S. The number of thioether (sulfide) groups is 1. The molecule has 0 aliphatic heterocycles. The van der Waals surface area contributed by atoms with Crippen molar-refractivity contribution >= 4 is 23.6 Å². The molecular weight excluding hydrogens is 226 g/mol. The van der Waals surface area contributed by atoms with E-state index in [1.807, 2.05) is 20.1 Å². The molecule has 0 radical (unpaired) electrons. The van der Waals surface area contributed by atoms with Gasteiger partial charge in [-0.25, -0.2) is 4.79 Å². The van der Waals surface area contributed by atoms with Crippen LogP contribution in [0.5, 0.6) is 0 Å². The molecule has 0 spiro atoms. The third kappa shape index (κ3) is 6.00. The molecule has 0 aromatic heterocycles. The van der Waals surface area contributed by atoms with Crippen LogP contribution in [0.2, 0.25) is 0 Å². The lowest BCUT2D eigenvalue weighted by molar-refractivity contribution is -0.142. The normalized spacial score (nSPS) is 14.6. The summed E-state index contributed by atoms with van der Waals surface area (Å²) in [5.41, 5.74) is 0. The molecule has 0 heterocycles. The van der Waals surface area contributed by atoms with Crippen LogP contribution in [-0.2, 0) is 9.59 Å². The Hall–Kier alpha value is -0.710. The van der Waals surface area contributed by atoms with Crippen molar-refractivity contribution in [2.45, 2.75) is 33.2 Å². The lowest BCUT2D eigenvalue weighted by Crippen LogP contribution is -2.44. The van der Waals surface area contributed by atoms with E-state index in [0.29, 0.717) is 12.2 Å². The summed E-state index contributed by atoms with van der Waals surface area (Å²) in [5, 5.41) is 11.5. The van der Waals surface area contributed by atoms with Crippen molar-refractivity contribution in [1.82, 2.24) is 5.32 Å². The summed E-state index contributed by atoms with van der Waals surface area (Å²) < 4.78 is 0. The van der Waals surface area contributed by atoms with Gasteiger partial charge in [0.2, 0.25) is 5.91 Å². The first kappa shape index (κ1) is 15.3. The van der Waals surface area contributed by atoms with Gasteiger partial charge in [-0.1, -0.05) is 20.8 Å². The zero-order chi connectivity index (χ0) is 12.7. The van der Waals surface area contributed by atoms with Crippen molar-refractivity contribution in [2.24, 2.45) is 11.8 Å². The molecule has 2 N–H and O–H groups in total. The fourth-order valence-corrected chi connectivity index (χ4v) is 1.98. The van der Waals surface area contributed by atoms with E-state index in [0.717, 1.165) is 0 Å². The minimum atomic E-state index is -0.960. The van der Waals surface area contributed by atoms with Crippen LogP contribution >= 0.6 is 11.8 Å². The second kappa shape index (κ2) is 7.54. The Morgan fingerprint density at radius 2 is 1.88 bits per heavy atom. The van der Waals surface area contributed by atoms with Gasteiger partial charge in [0, 0.05) is 11.7 Å². The number of aliphatic carboxylic acids is 1. The van der Waals surface area contributed by atoms with Gasteiger partial charge in [-0.2, -0.15) is 11.8 Å². The number of amides is 1. The van der Waals surface area contributed by atoms with Crippen LogP contribution in [0.3, 0.4) is 0 Å². The fourth-order valence-electron chi connectivity index (χ4n) is 1.33. The average molecular weight is 247 g/mol. The molecule has 1 unspecified atom stereocenters. The SMILES string of the molecule is CSCC(C)C(=O)N[C@@H](CC(C)C)C(=O)O. The Morgan fingerprint density at radius 3 is 2.25 bits per heavy atom. The topological polar surface area (TPSA) is 66.4 Å². The molecule has 0 fully saturated rings. The number of carbonyl (C=O) groups excluding carboxylic acids is 1. The highest BCUT2D eigenvalue weighted by atomic mass is 32.2. The van der Waals surface area contributed by atoms with Gasteiger partial charge in [-0.3, -0.25) is 4.79 Å². The van der Waals surface area contributed by atoms with Crippen LogP contribution in [0, 0.1) is 11.8 Å². The predicted octanol–water partition coefficient (Wildman–Crippen LogP) is 1.60.